The zero-order chi connectivity index (χ0) is 13.1. The number of rotatable bonds is 1. The summed E-state index contributed by atoms with van der Waals surface area (Å²) >= 11 is 0. The molecular formula is C12H20N2O4. The van der Waals surface area contributed by atoms with Gasteiger partial charge in [-0.1, -0.05) is 0 Å². The van der Waals surface area contributed by atoms with E-state index in [0.29, 0.717) is 39.2 Å². The highest BCUT2D eigenvalue weighted by Crippen LogP contribution is 2.18. The average Bonchev–Trinajstić information content (AvgIpc) is 2.38. The minimum absolute atomic E-state index is 0.0453. The predicted molar refractivity (Wildman–Crippen MR) is 64.3 cm³/mol. The fourth-order valence-corrected chi connectivity index (χ4v) is 2.54. The molecule has 6 heteroatoms. The number of piperidine rings is 1. The van der Waals surface area contributed by atoms with Gasteiger partial charge in [0, 0.05) is 26.2 Å². The van der Waals surface area contributed by atoms with Crippen LogP contribution in [0.1, 0.15) is 19.8 Å². The van der Waals surface area contributed by atoms with Gasteiger partial charge in [-0.15, -0.1) is 0 Å². The first-order chi connectivity index (χ1) is 8.58. The van der Waals surface area contributed by atoms with Crippen LogP contribution in [0.25, 0.3) is 0 Å². The Morgan fingerprint density at radius 2 is 1.94 bits per heavy atom. The molecule has 2 heterocycles. The van der Waals surface area contributed by atoms with Crippen molar-refractivity contribution >= 4 is 12.0 Å². The topological polar surface area (TPSA) is 70.1 Å². The van der Waals surface area contributed by atoms with Crippen LogP contribution in [0, 0.1) is 5.92 Å². The van der Waals surface area contributed by atoms with Crippen molar-refractivity contribution in [3.8, 4) is 0 Å². The van der Waals surface area contributed by atoms with Gasteiger partial charge in [-0.2, -0.15) is 0 Å². The molecule has 2 aliphatic heterocycles. The van der Waals surface area contributed by atoms with Gasteiger partial charge in [0.2, 0.25) is 0 Å². The number of aliphatic carboxylic acids is 1. The van der Waals surface area contributed by atoms with E-state index in [2.05, 4.69) is 0 Å². The molecule has 2 aliphatic rings. The van der Waals surface area contributed by atoms with E-state index in [-0.39, 0.29) is 12.1 Å². The zero-order valence-corrected chi connectivity index (χ0v) is 10.7. The minimum Gasteiger partial charge on any atom is -0.481 e. The van der Waals surface area contributed by atoms with E-state index in [1.165, 1.54) is 0 Å². The Kier molecular flexibility index (Phi) is 4.06. The Hall–Kier alpha value is -1.30. The van der Waals surface area contributed by atoms with Crippen LogP contribution in [0.15, 0.2) is 0 Å². The molecule has 1 unspecified atom stereocenters. The Morgan fingerprint density at radius 1 is 1.22 bits per heavy atom. The van der Waals surface area contributed by atoms with Crippen LogP contribution in [0.3, 0.4) is 0 Å². The SMILES string of the molecule is CC1CN(C(=O)N2CCC[C@H](C(=O)O)C2)CCO1. The molecule has 0 saturated carbocycles. The van der Waals surface area contributed by atoms with E-state index in [0.717, 1.165) is 6.42 Å². The van der Waals surface area contributed by atoms with E-state index in [9.17, 15) is 9.59 Å². The van der Waals surface area contributed by atoms with Gasteiger partial charge in [-0.3, -0.25) is 4.79 Å². The van der Waals surface area contributed by atoms with Crippen molar-refractivity contribution in [2.75, 3.05) is 32.8 Å². The lowest BCUT2D eigenvalue weighted by Gasteiger charge is -2.38. The molecule has 0 radical (unpaired) electrons. The molecule has 0 aromatic carbocycles. The largest absolute Gasteiger partial charge is 0.481 e. The normalized spacial score (nSPS) is 29.2. The Balaban J connectivity index is 1.93. The second-order valence-electron chi connectivity index (χ2n) is 5.03. The molecule has 0 aromatic heterocycles. The number of ether oxygens (including phenoxy) is 1. The highest BCUT2D eigenvalue weighted by molar-refractivity contribution is 5.76. The van der Waals surface area contributed by atoms with Crippen molar-refractivity contribution < 1.29 is 19.4 Å². The highest BCUT2D eigenvalue weighted by Gasteiger charge is 2.31. The minimum atomic E-state index is -0.803. The summed E-state index contributed by atoms with van der Waals surface area (Å²) < 4.78 is 5.40. The summed E-state index contributed by atoms with van der Waals surface area (Å²) in [5, 5.41) is 9.02. The van der Waals surface area contributed by atoms with Gasteiger partial charge in [-0.05, 0) is 19.8 Å². The van der Waals surface area contributed by atoms with E-state index in [1.807, 2.05) is 6.92 Å². The third-order valence-corrected chi connectivity index (χ3v) is 3.55. The molecule has 0 aromatic rings. The molecule has 2 rings (SSSR count). The standard InChI is InChI=1S/C12H20N2O4/c1-9-7-14(5-6-18-9)12(17)13-4-2-3-10(8-13)11(15)16/h9-10H,2-8H2,1H3,(H,15,16)/t9?,10-/m0/s1. The summed E-state index contributed by atoms with van der Waals surface area (Å²) in [5.41, 5.74) is 0. The lowest BCUT2D eigenvalue weighted by molar-refractivity contribution is -0.143. The summed E-state index contributed by atoms with van der Waals surface area (Å²) in [6, 6.07) is -0.0453. The van der Waals surface area contributed by atoms with E-state index in [4.69, 9.17) is 9.84 Å². The molecule has 1 N–H and O–H groups in total. The van der Waals surface area contributed by atoms with Crippen LogP contribution >= 0.6 is 0 Å². The summed E-state index contributed by atoms with van der Waals surface area (Å²) in [6.07, 6.45) is 1.49. The van der Waals surface area contributed by atoms with Gasteiger partial charge in [0.1, 0.15) is 0 Å². The number of carbonyl (C=O) groups excluding carboxylic acids is 1. The maximum absolute atomic E-state index is 12.3. The van der Waals surface area contributed by atoms with E-state index < -0.39 is 11.9 Å². The quantitative estimate of drug-likeness (QED) is 0.747. The average molecular weight is 256 g/mol. The van der Waals surface area contributed by atoms with Gasteiger partial charge in [0.25, 0.3) is 0 Å². The molecule has 18 heavy (non-hydrogen) atoms. The number of amides is 2. The number of nitrogens with zero attached hydrogens (tertiary/aromatic N) is 2. The number of carboxylic acid groups (broad SMARTS) is 1. The first-order valence-corrected chi connectivity index (χ1v) is 6.46. The van der Waals surface area contributed by atoms with Crippen LogP contribution < -0.4 is 0 Å². The maximum atomic E-state index is 12.3. The van der Waals surface area contributed by atoms with Gasteiger partial charge < -0.3 is 19.6 Å². The van der Waals surface area contributed by atoms with Crippen LogP contribution in [0.5, 0.6) is 0 Å². The van der Waals surface area contributed by atoms with E-state index >= 15 is 0 Å². The van der Waals surface area contributed by atoms with Crippen molar-refractivity contribution in [3.63, 3.8) is 0 Å². The monoisotopic (exact) mass is 256 g/mol. The predicted octanol–water partition coefficient (Wildman–Crippen LogP) is 0.624. The molecule has 2 saturated heterocycles. The second kappa shape index (κ2) is 5.56. The lowest BCUT2D eigenvalue weighted by atomic mass is 9.98. The summed E-state index contributed by atoms with van der Waals surface area (Å²) in [7, 11) is 0. The van der Waals surface area contributed by atoms with Gasteiger partial charge in [0.05, 0.1) is 18.6 Å². The Bertz CT molecular complexity index is 334. The van der Waals surface area contributed by atoms with Crippen molar-refractivity contribution in [2.45, 2.75) is 25.9 Å². The first kappa shape index (κ1) is 13.1. The van der Waals surface area contributed by atoms with E-state index in [1.54, 1.807) is 9.80 Å². The molecule has 2 atom stereocenters. The summed E-state index contributed by atoms with van der Waals surface area (Å²) in [4.78, 5) is 26.7. The van der Waals surface area contributed by atoms with Crippen molar-refractivity contribution in [1.29, 1.82) is 0 Å². The molecule has 2 fully saturated rings. The fourth-order valence-electron chi connectivity index (χ4n) is 2.54. The van der Waals surface area contributed by atoms with Gasteiger partial charge >= 0.3 is 12.0 Å². The third kappa shape index (κ3) is 2.93. The zero-order valence-electron chi connectivity index (χ0n) is 10.7. The van der Waals surface area contributed by atoms with Crippen LogP contribution in [-0.4, -0.2) is 65.8 Å². The summed E-state index contributed by atoms with van der Waals surface area (Å²) in [6.45, 7) is 4.68. The number of urea groups is 1. The summed E-state index contributed by atoms with van der Waals surface area (Å²) in [5.74, 6) is -1.22. The molecule has 2 amide bonds. The molecule has 0 aliphatic carbocycles. The second-order valence-corrected chi connectivity index (χ2v) is 5.03. The number of carboxylic acids is 1. The van der Waals surface area contributed by atoms with Crippen LogP contribution in [0.2, 0.25) is 0 Å². The Morgan fingerprint density at radius 3 is 2.61 bits per heavy atom. The first-order valence-electron chi connectivity index (χ1n) is 6.46. The van der Waals surface area contributed by atoms with Gasteiger partial charge in [0.15, 0.2) is 0 Å². The van der Waals surface area contributed by atoms with Crippen LogP contribution in [0.4, 0.5) is 4.79 Å². The smallest absolute Gasteiger partial charge is 0.320 e. The molecular weight excluding hydrogens is 236 g/mol. The molecule has 0 bridgehead atoms. The van der Waals surface area contributed by atoms with Crippen molar-refractivity contribution in [1.82, 2.24) is 9.80 Å². The number of morpholine rings is 1. The number of carbonyl (C=O) groups is 2. The van der Waals surface area contributed by atoms with Crippen molar-refractivity contribution in [3.05, 3.63) is 0 Å². The number of likely N-dealkylation sites (tertiary alicyclic amines) is 1. The number of hydrogen-bond acceptors (Lipinski definition) is 3. The Labute approximate surface area is 106 Å². The molecule has 6 nitrogen and oxygen atoms in total. The highest BCUT2D eigenvalue weighted by atomic mass is 16.5. The molecule has 102 valence electrons. The number of hydrogen-bond donors (Lipinski definition) is 1. The third-order valence-electron chi connectivity index (χ3n) is 3.55. The van der Waals surface area contributed by atoms with Crippen molar-refractivity contribution in [2.24, 2.45) is 5.92 Å². The maximum Gasteiger partial charge on any atom is 0.320 e. The van der Waals surface area contributed by atoms with Crippen LogP contribution in [-0.2, 0) is 9.53 Å². The fraction of sp³-hybridized carbons (Fsp3) is 0.833. The van der Waals surface area contributed by atoms with Gasteiger partial charge in [-0.25, -0.2) is 4.79 Å². The molecule has 0 spiro atoms. The lowest BCUT2D eigenvalue weighted by Crippen LogP contribution is -2.53.